The van der Waals surface area contributed by atoms with Gasteiger partial charge in [-0.2, -0.15) is 0 Å². The number of likely N-dealkylation sites (tertiary alicyclic amines) is 1. The Kier molecular flexibility index (Phi) is 8.00. The molecule has 0 aliphatic carbocycles. The van der Waals surface area contributed by atoms with Crippen LogP contribution in [0.25, 0.3) is 0 Å². The molecular formula is C25H32ClN3O3. The predicted molar refractivity (Wildman–Crippen MR) is 126 cm³/mol. The molecule has 0 radical (unpaired) electrons. The van der Waals surface area contributed by atoms with Gasteiger partial charge in [-0.05, 0) is 67.9 Å². The van der Waals surface area contributed by atoms with Crippen LogP contribution < -0.4 is 5.32 Å². The number of carboxylic acids is 1. The van der Waals surface area contributed by atoms with Crippen molar-refractivity contribution in [2.75, 3.05) is 31.6 Å². The number of unbranched alkanes of at least 4 members (excludes halogenated alkanes) is 2. The van der Waals surface area contributed by atoms with E-state index >= 15 is 0 Å². The normalized spacial score (nSPS) is 19.3. The number of anilines is 1. The highest BCUT2D eigenvalue weighted by Gasteiger charge is 2.34. The monoisotopic (exact) mass is 457 g/mol. The third-order valence-corrected chi connectivity index (χ3v) is 6.56. The van der Waals surface area contributed by atoms with Gasteiger partial charge >= 0.3 is 5.97 Å². The molecule has 0 spiro atoms. The first-order valence-corrected chi connectivity index (χ1v) is 12.0. The number of halogens is 1. The minimum Gasteiger partial charge on any atom is -0.480 e. The van der Waals surface area contributed by atoms with Gasteiger partial charge in [-0.3, -0.25) is 9.69 Å². The summed E-state index contributed by atoms with van der Waals surface area (Å²) in [5.41, 5.74) is 3.21. The lowest BCUT2D eigenvalue weighted by Crippen LogP contribution is -2.33. The van der Waals surface area contributed by atoms with Crippen molar-refractivity contribution in [1.82, 2.24) is 9.88 Å². The Morgan fingerprint density at radius 3 is 3.03 bits per heavy atom. The molecule has 1 aromatic carbocycles. The maximum absolute atomic E-state index is 11.9. The van der Waals surface area contributed by atoms with E-state index in [9.17, 15) is 9.90 Å². The number of rotatable bonds is 10. The summed E-state index contributed by atoms with van der Waals surface area (Å²) in [6, 6.07) is 10.8. The number of carboxylic acid groups (broad SMARTS) is 1. The quantitative estimate of drug-likeness (QED) is 0.503. The minimum atomic E-state index is -0.848. The predicted octanol–water partition coefficient (Wildman–Crippen LogP) is 4.72. The number of nitrogens with zero attached hydrogens (tertiary/aromatic N) is 2. The minimum absolute atomic E-state index is 0.0874. The summed E-state index contributed by atoms with van der Waals surface area (Å²) < 4.78 is 6.06. The fraction of sp³-hybridized carbons (Fsp3) is 0.520. The second-order valence-corrected chi connectivity index (χ2v) is 9.16. The van der Waals surface area contributed by atoms with E-state index in [4.69, 9.17) is 21.3 Å². The van der Waals surface area contributed by atoms with Gasteiger partial charge in [-0.25, -0.2) is 4.98 Å². The number of pyridine rings is 1. The Labute approximate surface area is 194 Å². The van der Waals surface area contributed by atoms with Crippen molar-refractivity contribution in [2.24, 2.45) is 0 Å². The number of carbonyl (C=O) groups is 1. The zero-order chi connectivity index (χ0) is 22.3. The number of aromatic nitrogens is 1. The zero-order valence-electron chi connectivity index (χ0n) is 18.4. The van der Waals surface area contributed by atoms with Crippen molar-refractivity contribution >= 4 is 23.4 Å². The molecule has 1 aromatic heterocycles. The number of benzene rings is 1. The lowest BCUT2D eigenvalue weighted by molar-refractivity contribution is -0.143. The molecule has 6 nitrogen and oxygen atoms in total. The topological polar surface area (TPSA) is 74.7 Å². The molecule has 2 aromatic rings. The van der Waals surface area contributed by atoms with Gasteiger partial charge in [0.2, 0.25) is 0 Å². The van der Waals surface area contributed by atoms with Crippen LogP contribution in [0.4, 0.5) is 5.82 Å². The second kappa shape index (κ2) is 11.1. The van der Waals surface area contributed by atoms with E-state index in [0.29, 0.717) is 24.7 Å². The molecule has 0 amide bonds. The van der Waals surface area contributed by atoms with Gasteiger partial charge in [0.15, 0.2) is 0 Å². The van der Waals surface area contributed by atoms with Crippen LogP contribution in [0.3, 0.4) is 0 Å². The maximum atomic E-state index is 11.9. The number of hydrogen-bond donors (Lipinski definition) is 2. The molecule has 4 rings (SSSR count). The molecule has 2 atom stereocenters. The lowest BCUT2D eigenvalue weighted by atomic mass is 10.1. The standard InChI is InChI=1S/C25H32ClN3O3/c26-20-8-4-6-19(16-20)23(25(30)31)29-14-12-22(17-29)32-15-3-1-2-9-21-11-10-18-7-5-13-27-24(18)28-21/h4,6,8,10-11,16,22-23H,1-3,5,7,9,12-15,17H2,(H,27,28)(H,30,31)/t22-,23-/m1/s1. The van der Waals surface area contributed by atoms with Gasteiger partial charge in [-0.15, -0.1) is 0 Å². The largest absolute Gasteiger partial charge is 0.480 e. The van der Waals surface area contributed by atoms with E-state index in [1.54, 1.807) is 18.2 Å². The van der Waals surface area contributed by atoms with Crippen LogP contribution in [0.2, 0.25) is 5.02 Å². The average Bonchev–Trinajstić information content (AvgIpc) is 3.24. The molecule has 2 aliphatic rings. The van der Waals surface area contributed by atoms with Crippen molar-refractivity contribution in [3.63, 3.8) is 0 Å². The van der Waals surface area contributed by atoms with Crippen molar-refractivity contribution in [3.05, 3.63) is 58.2 Å². The number of nitrogens with one attached hydrogen (secondary N) is 1. The van der Waals surface area contributed by atoms with Crippen molar-refractivity contribution in [1.29, 1.82) is 0 Å². The van der Waals surface area contributed by atoms with E-state index in [2.05, 4.69) is 17.4 Å². The van der Waals surface area contributed by atoms with Crippen LogP contribution >= 0.6 is 11.6 Å². The SMILES string of the molecule is O=C(O)[C@@H](c1cccc(Cl)c1)N1CC[C@@H](OCCCCCc2ccc3c(n2)NCCC3)C1. The Morgan fingerprint density at radius 1 is 1.28 bits per heavy atom. The molecule has 3 heterocycles. The molecule has 1 fully saturated rings. The molecule has 0 saturated carbocycles. The van der Waals surface area contributed by atoms with Gasteiger partial charge in [0.25, 0.3) is 0 Å². The Bertz CT molecular complexity index is 923. The maximum Gasteiger partial charge on any atom is 0.325 e. The molecular weight excluding hydrogens is 426 g/mol. The Balaban J connectivity index is 1.16. The number of aryl methyl sites for hydroxylation is 2. The Morgan fingerprint density at radius 2 is 2.19 bits per heavy atom. The third kappa shape index (κ3) is 6.00. The van der Waals surface area contributed by atoms with E-state index in [1.165, 1.54) is 12.0 Å². The smallest absolute Gasteiger partial charge is 0.325 e. The van der Waals surface area contributed by atoms with Crippen LogP contribution in [0.15, 0.2) is 36.4 Å². The molecule has 0 unspecified atom stereocenters. The highest BCUT2D eigenvalue weighted by molar-refractivity contribution is 6.30. The van der Waals surface area contributed by atoms with Gasteiger partial charge in [0.1, 0.15) is 11.9 Å². The molecule has 2 aliphatic heterocycles. The highest BCUT2D eigenvalue weighted by Crippen LogP contribution is 2.28. The number of ether oxygens (including phenoxy) is 1. The van der Waals surface area contributed by atoms with Gasteiger partial charge in [0, 0.05) is 37.0 Å². The summed E-state index contributed by atoms with van der Waals surface area (Å²) in [5, 5.41) is 13.7. The molecule has 32 heavy (non-hydrogen) atoms. The summed E-state index contributed by atoms with van der Waals surface area (Å²) in [7, 11) is 0. The van der Waals surface area contributed by atoms with Crippen LogP contribution in [-0.4, -0.2) is 53.3 Å². The van der Waals surface area contributed by atoms with Gasteiger partial charge in [-0.1, -0.05) is 36.2 Å². The van der Waals surface area contributed by atoms with E-state index < -0.39 is 12.0 Å². The second-order valence-electron chi connectivity index (χ2n) is 8.72. The Hall–Kier alpha value is -2.15. The summed E-state index contributed by atoms with van der Waals surface area (Å²) in [5.74, 6) is 0.221. The fourth-order valence-corrected chi connectivity index (χ4v) is 4.85. The van der Waals surface area contributed by atoms with E-state index in [0.717, 1.165) is 62.1 Å². The molecule has 2 N–H and O–H groups in total. The van der Waals surface area contributed by atoms with E-state index in [-0.39, 0.29) is 6.10 Å². The highest BCUT2D eigenvalue weighted by atomic mass is 35.5. The number of hydrogen-bond acceptors (Lipinski definition) is 5. The third-order valence-electron chi connectivity index (χ3n) is 6.32. The molecule has 0 bridgehead atoms. The molecule has 7 heteroatoms. The van der Waals surface area contributed by atoms with Crippen molar-refractivity contribution < 1.29 is 14.6 Å². The van der Waals surface area contributed by atoms with Crippen LogP contribution in [0.1, 0.15) is 55.0 Å². The first kappa shape index (κ1) is 23.0. The summed E-state index contributed by atoms with van der Waals surface area (Å²) in [4.78, 5) is 18.6. The van der Waals surface area contributed by atoms with Crippen molar-refractivity contribution in [3.8, 4) is 0 Å². The zero-order valence-corrected chi connectivity index (χ0v) is 19.2. The summed E-state index contributed by atoms with van der Waals surface area (Å²) >= 11 is 6.07. The summed E-state index contributed by atoms with van der Waals surface area (Å²) in [6.07, 6.45) is 7.45. The van der Waals surface area contributed by atoms with Gasteiger partial charge in [0.05, 0.1) is 6.10 Å². The molecule has 1 saturated heterocycles. The first-order valence-electron chi connectivity index (χ1n) is 11.7. The van der Waals surface area contributed by atoms with Crippen LogP contribution in [0.5, 0.6) is 0 Å². The fourth-order valence-electron chi connectivity index (χ4n) is 4.65. The van der Waals surface area contributed by atoms with Crippen LogP contribution in [-0.2, 0) is 22.4 Å². The molecule has 172 valence electrons. The van der Waals surface area contributed by atoms with Crippen molar-refractivity contribution in [2.45, 2.75) is 57.1 Å². The average molecular weight is 458 g/mol. The lowest BCUT2D eigenvalue weighted by Gasteiger charge is -2.24. The van der Waals surface area contributed by atoms with Crippen LogP contribution in [0, 0.1) is 0 Å². The first-order chi connectivity index (χ1) is 15.6. The summed E-state index contributed by atoms with van der Waals surface area (Å²) in [6.45, 7) is 3.08. The van der Waals surface area contributed by atoms with Gasteiger partial charge < -0.3 is 15.2 Å². The number of fused-ring (bicyclic) bond motifs is 1. The number of aliphatic carboxylic acids is 1. The van der Waals surface area contributed by atoms with E-state index in [1.807, 2.05) is 11.0 Å².